The first-order valence-electron chi connectivity index (χ1n) is 8.21. The molecule has 5 heteroatoms. The van der Waals surface area contributed by atoms with Gasteiger partial charge in [0.1, 0.15) is 11.3 Å². The number of imidazole rings is 1. The van der Waals surface area contributed by atoms with E-state index >= 15 is 0 Å². The molecule has 0 aliphatic heterocycles. The molecule has 2 heterocycles. The van der Waals surface area contributed by atoms with Crippen LogP contribution >= 0.6 is 11.6 Å². The molecule has 0 unspecified atom stereocenters. The molecule has 0 spiro atoms. The highest BCUT2D eigenvalue weighted by Crippen LogP contribution is 2.29. The monoisotopic (exact) mass is 308 g/mol. The zero-order valence-electron chi connectivity index (χ0n) is 13.1. The molecule has 1 aliphatic carbocycles. The first kappa shape index (κ1) is 14.9. The highest BCUT2D eigenvalue weighted by atomic mass is 35.5. The second-order valence-corrected chi connectivity index (χ2v) is 6.51. The van der Waals surface area contributed by atoms with Crippen molar-refractivity contribution in [1.29, 1.82) is 0 Å². The summed E-state index contributed by atoms with van der Waals surface area (Å²) in [7, 11) is 2.02. The third kappa shape index (κ3) is 2.83. The molecule has 1 saturated carbocycles. The van der Waals surface area contributed by atoms with E-state index in [2.05, 4.69) is 16.6 Å². The lowest BCUT2D eigenvalue weighted by molar-refractivity contribution is 0.455. The van der Waals surface area contributed by atoms with Gasteiger partial charge in [0.05, 0.1) is 11.6 Å². The molecule has 0 bridgehead atoms. The van der Waals surface area contributed by atoms with Gasteiger partial charge in [-0.15, -0.1) is 11.6 Å². The van der Waals surface area contributed by atoms with Crippen molar-refractivity contribution in [3.05, 3.63) is 11.5 Å². The fraction of sp³-hybridized carbons (Fsp3) is 0.750. The third-order valence-corrected chi connectivity index (χ3v) is 4.95. The van der Waals surface area contributed by atoms with Crippen LogP contribution in [0.3, 0.4) is 0 Å². The fourth-order valence-electron chi connectivity index (χ4n) is 3.64. The lowest BCUT2D eigenvalue weighted by atomic mass is 10.0. The van der Waals surface area contributed by atoms with Crippen LogP contribution in [0.2, 0.25) is 0 Å². The number of nitrogens with zero attached hydrogens (tertiary/aromatic N) is 4. The lowest BCUT2D eigenvalue weighted by Crippen LogP contribution is -2.09. The summed E-state index contributed by atoms with van der Waals surface area (Å²) in [5, 5.41) is 4.65. The van der Waals surface area contributed by atoms with Crippen LogP contribution in [0.25, 0.3) is 11.2 Å². The van der Waals surface area contributed by atoms with Gasteiger partial charge < -0.3 is 4.57 Å². The van der Waals surface area contributed by atoms with E-state index in [4.69, 9.17) is 16.6 Å². The molecule has 1 fully saturated rings. The summed E-state index contributed by atoms with van der Waals surface area (Å²) in [6, 6.07) is 0. The Balaban J connectivity index is 1.91. The lowest BCUT2D eigenvalue weighted by Gasteiger charge is -2.12. The summed E-state index contributed by atoms with van der Waals surface area (Å²) < 4.78 is 4.28. The Bertz CT molecular complexity index is 607. The van der Waals surface area contributed by atoms with Gasteiger partial charge in [-0.25, -0.2) is 4.98 Å². The van der Waals surface area contributed by atoms with Gasteiger partial charge in [-0.1, -0.05) is 39.0 Å². The van der Waals surface area contributed by atoms with Crippen LogP contribution in [-0.4, -0.2) is 19.3 Å². The van der Waals surface area contributed by atoms with E-state index in [1.165, 1.54) is 32.1 Å². The number of alkyl halides is 1. The van der Waals surface area contributed by atoms with Crippen molar-refractivity contribution in [2.45, 2.75) is 64.3 Å². The van der Waals surface area contributed by atoms with Crippen LogP contribution in [0.1, 0.15) is 57.0 Å². The molecule has 21 heavy (non-hydrogen) atoms. The Morgan fingerprint density at radius 2 is 2.05 bits per heavy atom. The van der Waals surface area contributed by atoms with Gasteiger partial charge in [-0.2, -0.15) is 5.10 Å². The minimum atomic E-state index is 0.477. The van der Waals surface area contributed by atoms with E-state index < -0.39 is 0 Å². The SMILES string of the molecule is CCCc1nn(C)c2c1nc(CCl)n2CCC1CCCC1. The molecular formula is C16H25ClN4. The Morgan fingerprint density at radius 1 is 1.29 bits per heavy atom. The van der Waals surface area contributed by atoms with Crippen LogP contribution in [0.15, 0.2) is 0 Å². The fourth-order valence-corrected chi connectivity index (χ4v) is 3.84. The van der Waals surface area contributed by atoms with Gasteiger partial charge in [0, 0.05) is 13.6 Å². The van der Waals surface area contributed by atoms with E-state index in [9.17, 15) is 0 Å². The normalized spacial score (nSPS) is 16.3. The van der Waals surface area contributed by atoms with Crippen molar-refractivity contribution in [2.24, 2.45) is 13.0 Å². The summed E-state index contributed by atoms with van der Waals surface area (Å²) >= 11 is 6.12. The van der Waals surface area contributed by atoms with E-state index in [0.29, 0.717) is 5.88 Å². The predicted molar refractivity (Wildman–Crippen MR) is 86.6 cm³/mol. The smallest absolute Gasteiger partial charge is 0.158 e. The van der Waals surface area contributed by atoms with E-state index in [0.717, 1.165) is 48.0 Å². The first-order valence-corrected chi connectivity index (χ1v) is 8.75. The summed E-state index contributed by atoms with van der Waals surface area (Å²) in [4.78, 5) is 4.76. The van der Waals surface area contributed by atoms with Gasteiger partial charge in [0.2, 0.25) is 0 Å². The minimum absolute atomic E-state index is 0.477. The molecule has 0 atom stereocenters. The van der Waals surface area contributed by atoms with Gasteiger partial charge >= 0.3 is 0 Å². The quantitative estimate of drug-likeness (QED) is 0.755. The van der Waals surface area contributed by atoms with Gasteiger partial charge in [-0.3, -0.25) is 4.68 Å². The summed E-state index contributed by atoms with van der Waals surface area (Å²) in [5.74, 6) is 2.36. The van der Waals surface area contributed by atoms with Crippen molar-refractivity contribution in [2.75, 3.05) is 0 Å². The van der Waals surface area contributed by atoms with Crippen molar-refractivity contribution < 1.29 is 0 Å². The van der Waals surface area contributed by atoms with Crippen LogP contribution in [0.5, 0.6) is 0 Å². The van der Waals surface area contributed by atoms with E-state index in [-0.39, 0.29) is 0 Å². The molecule has 3 rings (SSSR count). The molecule has 1 aliphatic rings. The average molecular weight is 309 g/mol. The largest absolute Gasteiger partial charge is 0.312 e. The van der Waals surface area contributed by atoms with Gasteiger partial charge in [-0.05, 0) is 18.8 Å². The highest BCUT2D eigenvalue weighted by Gasteiger charge is 2.20. The molecule has 4 nitrogen and oxygen atoms in total. The van der Waals surface area contributed by atoms with Crippen LogP contribution in [-0.2, 0) is 25.9 Å². The molecule has 0 N–H and O–H groups in total. The number of fused-ring (bicyclic) bond motifs is 1. The number of aromatic nitrogens is 4. The molecular weight excluding hydrogens is 284 g/mol. The van der Waals surface area contributed by atoms with Gasteiger partial charge in [0.25, 0.3) is 0 Å². The Labute approximate surface area is 131 Å². The number of rotatable bonds is 6. The minimum Gasteiger partial charge on any atom is -0.312 e. The summed E-state index contributed by atoms with van der Waals surface area (Å²) in [5.41, 5.74) is 3.31. The molecule has 0 aromatic carbocycles. The van der Waals surface area contributed by atoms with Crippen molar-refractivity contribution in [1.82, 2.24) is 19.3 Å². The Kier molecular flexibility index (Phi) is 4.53. The Hall–Kier alpha value is -1.03. The zero-order chi connectivity index (χ0) is 14.8. The second kappa shape index (κ2) is 6.39. The highest BCUT2D eigenvalue weighted by molar-refractivity contribution is 6.16. The van der Waals surface area contributed by atoms with Gasteiger partial charge in [0.15, 0.2) is 5.65 Å². The summed E-state index contributed by atoms with van der Waals surface area (Å²) in [6.45, 7) is 3.20. The van der Waals surface area contributed by atoms with Crippen LogP contribution < -0.4 is 0 Å². The number of halogens is 1. The summed E-state index contributed by atoms with van der Waals surface area (Å²) in [6.07, 6.45) is 8.90. The molecule has 2 aromatic heterocycles. The van der Waals surface area contributed by atoms with E-state index in [1.54, 1.807) is 0 Å². The van der Waals surface area contributed by atoms with E-state index in [1.807, 2.05) is 11.7 Å². The molecule has 0 radical (unpaired) electrons. The standard InChI is InChI=1S/C16H25ClN4/c1-3-6-13-15-16(20(2)19-13)21(14(11-17)18-15)10-9-12-7-4-5-8-12/h12H,3-11H2,1-2H3. The van der Waals surface area contributed by atoms with Crippen LogP contribution in [0, 0.1) is 5.92 Å². The molecule has 0 amide bonds. The topological polar surface area (TPSA) is 35.6 Å². The average Bonchev–Trinajstić information content (AvgIpc) is 3.16. The second-order valence-electron chi connectivity index (χ2n) is 6.24. The number of hydrogen-bond donors (Lipinski definition) is 0. The predicted octanol–water partition coefficient (Wildman–Crippen LogP) is 4.04. The van der Waals surface area contributed by atoms with Crippen LogP contribution in [0.4, 0.5) is 0 Å². The Morgan fingerprint density at radius 3 is 2.71 bits per heavy atom. The zero-order valence-corrected chi connectivity index (χ0v) is 13.9. The van der Waals surface area contributed by atoms with Crippen molar-refractivity contribution in [3.63, 3.8) is 0 Å². The molecule has 116 valence electrons. The molecule has 0 saturated heterocycles. The van der Waals surface area contributed by atoms with Crippen molar-refractivity contribution >= 4 is 22.8 Å². The molecule has 2 aromatic rings. The van der Waals surface area contributed by atoms with Crippen molar-refractivity contribution in [3.8, 4) is 0 Å². The first-order chi connectivity index (χ1) is 10.2. The number of aryl methyl sites for hydroxylation is 3. The third-order valence-electron chi connectivity index (χ3n) is 4.71. The maximum Gasteiger partial charge on any atom is 0.158 e. The maximum atomic E-state index is 6.12. The maximum absolute atomic E-state index is 6.12. The number of hydrogen-bond acceptors (Lipinski definition) is 2.